The number of aliphatic hydroxyl groups is 1. The zero-order valence-electron chi connectivity index (χ0n) is 35.1. The quantitative estimate of drug-likeness (QED) is 0.0916. The summed E-state index contributed by atoms with van der Waals surface area (Å²) in [6, 6.07) is 20.7. The van der Waals surface area contributed by atoms with Gasteiger partial charge in [-0.3, -0.25) is 28.7 Å². The fourth-order valence-corrected chi connectivity index (χ4v) is 9.55. The van der Waals surface area contributed by atoms with Gasteiger partial charge in [0.2, 0.25) is 11.8 Å². The highest BCUT2D eigenvalue weighted by Gasteiger charge is 2.36. The number of pyridine rings is 1. The number of nitrogens with zero attached hydrogens (tertiary/aromatic N) is 6. The minimum absolute atomic E-state index is 0.0500. The monoisotopic (exact) mass is 845 g/mol. The summed E-state index contributed by atoms with van der Waals surface area (Å²) in [5.41, 5.74) is 4.26. The van der Waals surface area contributed by atoms with Gasteiger partial charge in [0.05, 0.1) is 39.9 Å². The lowest BCUT2D eigenvalue weighted by Crippen LogP contribution is -2.51. The first-order valence-electron chi connectivity index (χ1n) is 21.9. The average molecular weight is 846 g/mol. The number of rotatable bonds is 15. The van der Waals surface area contributed by atoms with Gasteiger partial charge in [0.1, 0.15) is 0 Å². The van der Waals surface area contributed by atoms with Crippen molar-refractivity contribution in [3.63, 3.8) is 0 Å². The number of carbonyl (C=O) groups is 3. The second kappa shape index (κ2) is 18.9. The molecule has 12 nitrogen and oxygen atoms in total. The van der Waals surface area contributed by atoms with Gasteiger partial charge in [-0.1, -0.05) is 60.5 Å². The van der Waals surface area contributed by atoms with E-state index in [2.05, 4.69) is 27.1 Å². The van der Waals surface area contributed by atoms with E-state index in [1.54, 1.807) is 18.2 Å². The van der Waals surface area contributed by atoms with Crippen LogP contribution in [0.5, 0.6) is 0 Å². The van der Waals surface area contributed by atoms with Crippen molar-refractivity contribution >= 4 is 56.7 Å². The number of carbonyl (C=O) groups excluding carboxylic acids is 3. The number of piperidine rings is 1. The standard InChI is InChI=1S/C48H56ClN7O5/c1-53-24-26-54(27-25-53)21-18-44(58)51-36-15-17-39-41(30-36)50-32-56(47(39)60)31-48(61)19-22-55(23-20-48)46(59)35(28-33-8-3-2-4-9-33)10-5-6-13-43(57)34-14-16-38-42(29-34)52-40-12-7-11-37(40)45(38)49/h2-4,8-9,14-17,29-30,32,35,61H,5-7,10-13,18-28,31H2,1H3,(H,51,58). The molecule has 2 aromatic heterocycles. The Balaban J connectivity index is 0.844. The number of aromatic nitrogens is 3. The molecule has 0 spiro atoms. The van der Waals surface area contributed by atoms with Gasteiger partial charge in [0.15, 0.2) is 5.78 Å². The lowest BCUT2D eigenvalue weighted by molar-refractivity contribution is -0.140. The van der Waals surface area contributed by atoms with Crippen molar-refractivity contribution in [3.8, 4) is 0 Å². The van der Waals surface area contributed by atoms with Crippen molar-refractivity contribution in [1.29, 1.82) is 0 Å². The largest absolute Gasteiger partial charge is 0.388 e. The maximum Gasteiger partial charge on any atom is 0.261 e. The van der Waals surface area contributed by atoms with E-state index in [0.29, 0.717) is 86.7 Å². The third-order valence-corrected chi connectivity index (χ3v) is 13.4. The summed E-state index contributed by atoms with van der Waals surface area (Å²) < 4.78 is 1.45. The Morgan fingerprint density at radius 1 is 0.885 bits per heavy atom. The summed E-state index contributed by atoms with van der Waals surface area (Å²) in [5.74, 6) is -0.241. The zero-order chi connectivity index (χ0) is 42.5. The van der Waals surface area contributed by atoms with Gasteiger partial charge in [-0.05, 0) is 93.8 Å². The van der Waals surface area contributed by atoms with E-state index in [4.69, 9.17) is 16.6 Å². The minimum atomic E-state index is -1.19. The molecule has 61 heavy (non-hydrogen) atoms. The first-order valence-corrected chi connectivity index (χ1v) is 22.3. The molecule has 3 aromatic carbocycles. The molecular formula is C48H56ClN7O5. The van der Waals surface area contributed by atoms with Crippen LogP contribution < -0.4 is 10.9 Å². The molecule has 0 saturated carbocycles. The van der Waals surface area contributed by atoms with E-state index in [9.17, 15) is 24.3 Å². The van der Waals surface area contributed by atoms with Crippen molar-refractivity contribution < 1.29 is 19.5 Å². The van der Waals surface area contributed by atoms with Gasteiger partial charge in [0, 0.05) is 86.9 Å². The van der Waals surface area contributed by atoms with Crippen molar-refractivity contribution in [2.24, 2.45) is 5.92 Å². The number of likely N-dealkylation sites (tertiary alicyclic amines) is 1. The summed E-state index contributed by atoms with van der Waals surface area (Å²) >= 11 is 6.71. The molecule has 0 radical (unpaired) electrons. The molecule has 2 aliphatic heterocycles. The maximum atomic E-state index is 14.1. The number of anilines is 1. The number of nitrogens with one attached hydrogen (secondary N) is 1. The number of benzene rings is 3. The number of likely N-dealkylation sites (N-methyl/N-ethyl adjacent to an activating group) is 1. The normalized spacial score (nSPS) is 17.4. The van der Waals surface area contributed by atoms with Crippen LogP contribution in [0.15, 0.2) is 77.9 Å². The van der Waals surface area contributed by atoms with Crippen molar-refractivity contribution in [2.75, 3.05) is 58.2 Å². The number of fused-ring (bicyclic) bond motifs is 3. The molecule has 4 heterocycles. The van der Waals surface area contributed by atoms with E-state index in [1.807, 2.05) is 53.4 Å². The predicted molar refractivity (Wildman–Crippen MR) is 239 cm³/mol. The van der Waals surface area contributed by atoms with Crippen LogP contribution in [0.4, 0.5) is 5.69 Å². The van der Waals surface area contributed by atoms with Crippen LogP contribution in [-0.4, -0.2) is 110 Å². The summed E-state index contributed by atoms with van der Waals surface area (Å²) in [5, 5.41) is 16.7. The van der Waals surface area contributed by atoms with Crippen LogP contribution in [-0.2, 0) is 35.4 Å². The number of amides is 2. The SMILES string of the molecule is CN1CCN(CCC(=O)Nc2ccc3c(=O)n(CC4(O)CCN(C(=O)C(CCCCC(=O)c5ccc6c(Cl)c7c(nc6c5)CCC7)Cc5ccccc5)CC4)cnc3c2)CC1. The fraction of sp³-hybridized carbons (Fsp3) is 0.458. The van der Waals surface area contributed by atoms with Gasteiger partial charge in [-0.25, -0.2) is 4.98 Å². The summed E-state index contributed by atoms with van der Waals surface area (Å²) in [6.45, 7) is 5.40. The number of halogens is 1. The lowest BCUT2D eigenvalue weighted by Gasteiger charge is -2.39. The van der Waals surface area contributed by atoms with Gasteiger partial charge < -0.3 is 25.1 Å². The van der Waals surface area contributed by atoms with Gasteiger partial charge in [-0.15, -0.1) is 0 Å². The predicted octanol–water partition coefficient (Wildman–Crippen LogP) is 6.32. The Morgan fingerprint density at radius 3 is 2.44 bits per heavy atom. The van der Waals surface area contributed by atoms with Crippen LogP contribution >= 0.6 is 11.6 Å². The number of unbranched alkanes of at least 4 members (excludes halogenated alkanes) is 1. The average Bonchev–Trinajstić information content (AvgIpc) is 3.75. The first-order chi connectivity index (χ1) is 29.5. The highest BCUT2D eigenvalue weighted by atomic mass is 35.5. The van der Waals surface area contributed by atoms with Gasteiger partial charge in [0.25, 0.3) is 5.56 Å². The Morgan fingerprint density at radius 2 is 1.66 bits per heavy atom. The molecule has 0 bridgehead atoms. The van der Waals surface area contributed by atoms with E-state index < -0.39 is 5.60 Å². The van der Waals surface area contributed by atoms with Gasteiger partial charge >= 0.3 is 0 Å². The van der Waals surface area contributed by atoms with E-state index in [1.165, 1.54) is 10.9 Å². The number of ketones is 1. The van der Waals surface area contributed by atoms with E-state index >= 15 is 0 Å². The van der Waals surface area contributed by atoms with Gasteiger partial charge in [-0.2, -0.15) is 0 Å². The smallest absolute Gasteiger partial charge is 0.261 e. The van der Waals surface area contributed by atoms with Crippen LogP contribution in [0.1, 0.15) is 78.5 Å². The molecular weight excluding hydrogens is 790 g/mol. The molecule has 2 N–H and O–H groups in total. The first kappa shape index (κ1) is 42.7. The fourth-order valence-electron chi connectivity index (χ4n) is 9.19. The number of Topliss-reactive ketones (excluding diaryl/α,β-unsaturated/α-hetero) is 1. The molecule has 13 heteroatoms. The van der Waals surface area contributed by atoms with Crippen molar-refractivity contribution in [3.05, 3.63) is 111 Å². The second-order valence-corrected chi connectivity index (χ2v) is 17.8. The number of hydrogen-bond donors (Lipinski definition) is 2. The van der Waals surface area contributed by atoms with Crippen LogP contribution in [0.25, 0.3) is 21.8 Å². The molecule has 5 aromatic rings. The van der Waals surface area contributed by atoms with Crippen LogP contribution in [0.2, 0.25) is 5.02 Å². The molecule has 3 aliphatic rings. The lowest BCUT2D eigenvalue weighted by atomic mass is 9.88. The molecule has 1 aliphatic carbocycles. The van der Waals surface area contributed by atoms with E-state index in [-0.39, 0.29) is 35.6 Å². The summed E-state index contributed by atoms with van der Waals surface area (Å²) in [7, 11) is 2.11. The Hall–Kier alpha value is -5.01. The summed E-state index contributed by atoms with van der Waals surface area (Å²) in [4.78, 5) is 69.5. The highest BCUT2D eigenvalue weighted by molar-refractivity contribution is 6.36. The number of piperazine rings is 1. The molecule has 320 valence electrons. The van der Waals surface area contributed by atoms with Crippen LogP contribution in [0.3, 0.4) is 0 Å². The summed E-state index contributed by atoms with van der Waals surface area (Å²) in [6.07, 6.45) is 8.40. The van der Waals surface area contributed by atoms with Crippen LogP contribution in [0, 0.1) is 5.92 Å². The number of aryl methyl sites for hydroxylation is 1. The van der Waals surface area contributed by atoms with E-state index in [0.717, 1.165) is 84.6 Å². The molecule has 8 rings (SSSR count). The Bertz CT molecular complexity index is 2460. The Kier molecular flexibility index (Phi) is 13.3. The minimum Gasteiger partial charge on any atom is -0.388 e. The maximum absolute atomic E-state index is 14.1. The molecule has 2 saturated heterocycles. The molecule has 2 fully saturated rings. The molecule has 1 atom stereocenters. The Labute approximate surface area is 361 Å². The second-order valence-electron chi connectivity index (χ2n) is 17.4. The molecule has 2 amide bonds. The van der Waals surface area contributed by atoms with Crippen molar-refractivity contribution in [2.45, 2.75) is 82.8 Å². The number of hydrogen-bond acceptors (Lipinski definition) is 9. The third-order valence-electron chi connectivity index (χ3n) is 13.0. The van der Waals surface area contributed by atoms with Crippen molar-refractivity contribution in [1.82, 2.24) is 29.2 Å². The highest BCUT2D eigenvalue weighted by Crippen LogP contribution is 2.34. The molecule has 1 unspecified atom stereocenters. The zero-order valence-corrected chi connectivity index (χ0v) is 35.8. The third kappa shape index (κ3) is 10.2. The topological polar surface area (TPSA) is 141 Å².